The van der Waals surface area contributed by atoms with Crippen LogP contribution in [-0.2, 0) is 22.4 Å². The molecule has 0 N–H and O–H groups in total. The van der Waals surface area contributed by atoms with Gasteiger partial charge < -0.3 is 14.5 Å². The molecule has 2 aliphatic rings. The summed E-state index contributed by atoms with van der Waals surface area (Å²) >= 11 is 0. The van der Waals surface area contributed by atoms with Crippen LogP contribution in [0.3, 0.4) is 0 Å². The van der Waals surface area contributed by atoms with Gasteiger partial charge in [0.25, 0.3) is 0 Å². The van der Waals surface area contributed by atoms with Gasteiger partial charge in [-0.1, -0.05) is 30.3 Å². The molecule has 0 unspecified atom stereocenters. The number of carbonyl (C=O) groups is 2. The van der Waals surface area contributed by atoms with Crippen LogP contribution in [0, 0.1) is 5.92 Å². The van der Waals surface area contributed by atoms with Crippen molar-refractivity contribution >= 4 is 17.5 Å². The predicted molar refractivity (Wildman–Crippen MR) is 104 cm³/mol. The molecule has 1 fully saturated rings. The molecule has 140 valence electrons. The Morgan fingerprint density at radius 1 is 1.07 bits per heavy atom. The minimum absolute atomic E-state index is 0.0175. The van der Waals surface area contributed by atoms with Gasteiger partial charge in [-0.05, 0) is 42.5 Å². The number of nitrogens with zero attached hydrogens (tertiary/aromatic N) is 2. The van der Waals surface area contributed by atoms with Crippen LogP contribution < -0.4 is 9.64 Å². The highest BCUT2D eigenvalue weighted by atomic mass is 16.5. The predicted octanol–water partition coefficient (Wildman–Crippen LogP) is 2.68. The van der Waals surface area contributed by atoms with Crippen molar-refractivity contribution in [2.75, 3.05) is 31.6 Å². The molecule has 2 aromatic rings. The van der Waals surface area contributed by atoms with E-state index in [-0.39, 0.29) is 24.3 Å². The zero-order chi connectivity index (χ0) is 18.8. The summed E-state index contributed by atoms with van der Waals surface area (Å²) in [7, 11) is 1.61. The highest BCUT2D eigenvalue weighted by molar-refractivity contribution is 5.98. The molecule has 27 heavy (non-hydrogen) atoms. The van der Waals surface area contributed by atoms with Crippen LogP contribution in [0.4, 0.5) is 5.69 Å². The van der Waals surface area contributed by atoms with Crippen molar-refractivity contribution in [1.82, 2.24) is 4.90 Å². The molecule has 1 saturated heterocycles. The van der Waals surface area contributed by atoms with Crippen molar-refractivity contribution in [2.45, 2.75) is 19.3 Å². The molecule has 5 nitrogen and oxygen atoms in total. The summed E-state index contributed by atoms with van der Waals surface area (Å²) in [4.78, 5) is 29.1. The van der Waals surface area contributed by atoms with Crippen molar-refractivity contribution in [3.05, 3.63) is 59.7 Å². The summed E-state index contributed by atoms with van der Waals surface area (Å²) in [5, 5.41) is 0. The third-order valence-corrected chi connectivity index (χ3v) is 5.59. The quantitative estimate of drug-likeness (QED) is 0.841. The van der Waals surface area contributed by atoms with Crippen molar-refractivity contribution < 1.29 is 14.3 Å². The molecule has 1 atom stereocenters. The first-order valence-corrected chi connectivity index (χ1v) is 9.45. The number of amides is 2. The third kappa shape index (κ3) is 3.54. The number of methoxy groups -OCH3 is 1. The Balaban J connectivity index is 1.42. The molecule has 5 heteroatoms. The molecule has 0 saturated carbocycles. The third-order valence-electron chi connectivity index (χ3n) is 5.59. The average Bonchev–Trinajstić information content (AvgIpc) is 2.72. The van der Waals surface area contributed by atoms with E-state index in [0.29, 0.717) is 13.1 Å². The van der Waals surface area contributed by atoms with Gasteiger partial charge >= 0.3 is 0 Å². The Bertz CT molecular complexity index is 864. The number of rotatable bonds is 3. The lowest BCUT2D eigenvalue weighted by atomic mass is 9.83. The zero-order valence-corrected chi connectivity index (χ0v) is 15.6. The fourth-order valence-corrected chi connectivity index (χ4v) is 4.08. The first-order valence-electron chi connectivity index (χ1n) is 9.45. The SMILES string of the molecule is COc1cccc(N2CCN(C(=O)[C@H]3CCc4ccccc4C3)CC2=O)c1. The normalized spacial score (nSPS) is 19.6. The maximum Gasteiger partial charge on any atom is 0.246 e. The first-order chi connectivity index (χ1) is 13.2. The average molecular weight is 364 g/mol. The summed E-state index contributed by atoms with van der Waals surface area (Å²) in [6.07, 6.45) is 2.57. The van der Waals surface area contributed by atoms with Crippen molar-refractivity contribution in [1.29, 1.82) is 0 Å². The maximum atomic E-state index is 13.0. The fraction of sp³-hybridized carbons (Fsp3) is 0.364. The van der Waals surface area contributed by atoms with Crippen molar-refractivity contribution in [3.63, 3.8) is 0 Å². The van der Waals surface area contributed by atoms with E-state index in [0.717, 1.165) is 30.7 Å². The van der Waals surface area contributed by atoms with Crippen LogP contribution in [0.25, 0.3) is 0 Å². The van der Waals surface area contributed by atoms with Gasteiger partial charge in [-0.2, -0.15) is 0 Å². The van der Waals surface area contributed by atoms with Crippen LogP contribution in [-0.4, -0.2) is 43.5 Å². The Morgan fingerprint density at radius 2 is 1.89 bits per heavy atom. The van der Waals surface area contributed by atoms with Gasteiger partial charge in [0.05, 0.1) is 7.11 Å². The molecule has 0 radical (unpaired) electrons. The number of benzene rings is 2. The Hall–Kier alpha value is -2.82. The van der Waals surface area contributed by atoms with Crippen LogP contribution in [0.2, 0.25) is 0 Å². The second-order valence-electron chi connectivity index (χ2n) is 7.22. The highest BCUT2D eigenvalue weighted by Crippen LogP contribution is 2.28. The number of anilines is 1. The first kappa shape index (κ1) is 17.6. The lowest BCUT2D eigenvalue weighted by Crippen LogP contribution is -2.54. The summed E-state index contributed by atoms with van der Waals surface area (Å²) in [6, 6.07) is 15.8. The smallest absolute Gasteiger partial charge is 0.246 e. The van der Waals surface area contributed by atoms with E-state index in [4.69, 9.17) is 4.74 Å². The number of fused-ring (bicyclic) bond motifs is 1. The van der Waals surface area contributed by atoms with Crippen LogP contribution in [0.5, 0.6) is 5.75 Å². The highest BCUT2D eigenvalue weighted by Gasteiger charge is 2.33. The molecule has 0 spiro atoms. The molecule has 0 aromatic heterocycles. The summed E-state index contributed by atoms with van der Waals surface area (Å²) in [5.74, 6) is 0.776. The van der Waals surface area contributed by atoms with Crippen molar-refractivity contribution in [3.8, 4) is 5.75 Å². The van der Waals surface area contributed by atoms with Gasteiger partial charge in [0.15, 0.2) is 0 Å². The van der Waals surface area contributed by atoms with E-state index in [1.165, 1.54) is 11.1 Å². The van der Waals surface area contributed by atoms with Gasteiger partial charge in [-0.25, -0.2) is 0 Å². The number of hydrogen-bond donors (Lipinski definition) is 0. The molecular weight excluding hydrogens is 340 g/mol. The Kier molecular flexibility index (Phi) is 4.84. The molecule has 0 bridgehead atoms. The largest absolute Gasteiger partial charge is 0.497 e. The van der Waals surface area contributed by atoms with Crippen molar-refractivity contribution in [2.24, 2.45) is 5.92 Å². The Labute approximate surface area is 159 Å². The molecule has 2 amide bonds. The topological polar surface area (TPSA) is 49.9 Å². The monoisotopic (exact) mass is 364 g/mol. The molecular formula is C22H24N2O3. The number of carbonyl (C=O) groups excluding carboxylic acids is 2. The van der Waals surface area contributed by atoms with Gasteiger partial charge in [0.2, 0.25) is 11.8 Å². The minimum atomic E-state index is -0.0425. The zero-order valence-electron chi connectivity index (χ0n) is 15.6. The number of piperazine rings is 1. The summed E-state index contributed by atoms with van der Waals surface area (Å²) in [5.41, 5.74) is 3.43. The van der Waals surface area contributed by atoms with Crippen LogP contribution >= 0.6 is 0 Å². The summed E-state index contributed by atoms with van der Waals surface area (Å²) in [6.45, 7) is 1.23. The number of aryl methyl sites for hydroxylation is 1. The summed E-state index contributed by atoms with van der Waals surface area (Å²) < 4.78 is 5.25. The van der Waals surface area contributed by atoms with Gasteiger partial charge in [0.1, 0.15) is 12.3 Å². The lowest BCUT2D eigenvalue weighted by molar-refractivity contribution is -0.140. The molecule has 4 rings (SSSR count). The lowest BCUT2D eigenvalue weighted by Gasteiger charge is -2.37. The molecule has 1 heterocycles. The van der Waals surface area contributed by atoms with Gasteiger partial charge in [-0.3, -0.25) is 9.59 Å². The molecule has 1 aliphatic carbocycles. The van der Waals surface area contributed by atoms with Gasteiger partial charge in [0, 0.05) is 30.8 Å². The molecule has 2 aromatic carbocycles. The van der Waals surface area contributed by atoms with Crippen LogP contribution in [0.1, 0.15) is 17.5 Å². The standard InChI is InChI=1S/C22H24N2O3/c1-27-20-8-4-7-19(14-20)24-12-11-23(15-21(24)25)22(26)18-10-9-16-5-2-3-6-17(16)13-18/h2-8,14,18H,9-13,15H2,1H3/t18-/m0/s1. The van der Waals surface area contributed by atoms with E-state index in [1.54, 1.807) is 16.9 Å². The minimum Gasteiger partial charge on any atom is -0.497 e. The molecule has 1 aliphatic heterocycles. The number of ether oxygens (including phenoxy) is 1. The van der Waals surface area contributed by atoms with E-state index in [9.17, 15) is 9.59 Å². The van der Waals surface area contributed by atoms with Crippen LogP contribution in [0.15, 0.2) is 48.5 Å². The van der Waals surface area contributed by atoms with E-state index in [1.807, 2.05) is 30.3 Å². The van der Waals surface area contributed by atoms with Gasteiger partial charge in [-0.15, -0.1) is 0 Å². The second-order valence-corrected chi connectivity index (χ2v) is 7.22. The second kappa shape index (κ2) is 7.43. The number of hydrogen-bond acceptors (Lipinski definition) is 3. The van der Waals surface area contributed by atoms with E-state index < -0.39 is 0 Å². The fourth-order valence-electron chi connectivity index (χ4n) is 4.08. The van der Waals surface area contributed by atoms with E-state index >= 15 is 0 Å². The maximum absolute atomic E-state index is 13.0. The van der Waals surface area contributed by atoms with E-state index in [2.05, 4.69) is 18.2 Å². The Morgan fingerprint density at radius 3 is 2.67 bits per heavy atom.